The maximum atomic E-state index is 9.86. The lowest BCUT2D eigenvalue weighted by Gasteiger charge is -2.09. The number of nitrogens with one attached hydrogen (secondary N) is 1. The minimum absolute atomic E-state index is 0.347. The summed E-state index contributed by atoms with van der Waals surface area (Å²) in [6.07, 6.45) is 6.68. The van der Waals surface area contributed by atoms with Crippen LogP contribution in [0.4, 0.5) is 11.6 Å². The minimum atomic E-state index is 0.347. The molecule has 4 aromatic rings. The molecule has 0 saturated heterocycles. The number of halogens is 1. The zero-order valence-corrected chi connectivity index (χ0v) is 20.5. The Morgan fingerprint density at radius 2 is 1.94 bits per heavy atom. The number of hydrogen-bond acceptors (Lipinski definition) is 8. The van der Waals surface area contributed by atoms with Gasteiger partial charge in [0.15, 0.2) is 0 Å². The first-order valence-electron chi connectivity index (χ1n) is 10.4. The Kier molecular flexibility index (Phi) is 7.45. The number of benzene rings is 2. The third-order valence-corrected chi connectivity index (χ3v) is 5.70. The van der Waals surface area contributed by atoms with Crippen molar-refractivity contribution in [1.82, 2.24) is 19.6 Å². The van der Waals surface area contributed by atoms with Crippen LogP contribution in [0.1, 0.15) is 12.5 Å². The van der Waals surface area contributed by atoms with Crippen molar-refractivity contribution in [3.8, 4) is 23.1 Å². The predicted octanol–water partition coefficient (Wildman–Crippen LogP) is 6.28. The highest BCUT2D eigenvalue weighted by molar-refractivity contribution is 7.98. The van der Waals surface area contributed by atoms with Crippen molar-refractivity contribution in [2.24, 2.45) is 4.99 Å². The molecular weight excluding hydrogens is 482 g/mol. The molecule has 0 aliphatic heterocycles. The van der Waals surface area contributed by atoms with Crippen molar-refractivity contribution >= 4 is 47.0 Å². The molecule has 2 heterocycles. The van der Waals surface area contributed by atoms with Crippen molar-refractivity contribution in [3.05, 3.63) is 83.7 Å². The van der Waals surface area contributed by atoms with E-state index in [4.69, 9.17) is 16.3 Å². The standard InChI is InChI=1S/C25H20ClN7OS/c1-4-28-14-13-16(2)34-20-11-9-19(10-12-20)29-24-31-25-30-23(35-3)21(15-27)22(33(25)32-24)17-5-7-18(26)8-6-17/h4-14H,1H2,2-3H3,(H,29,32)/b16-13+,28-14?. The van der Waals surface area contributed by atoms with Crippen LogP contribution >= 0.6 is 23.4 Å². The van der Waals surface area contributed by atoms with Crippen molar-refractivity contribution < 1.29 is 4.74 Å². The van der Waals surface area contributed by atoms with Gasteiger partial charge in [-0.1, -0.05) is 30.3 Å². The number of anilines is 2. The lowest BCUT2D eigenvalue weighted by Crippen LogP contribution is -2.03. The van der Waals surface area contributed by atoms with E-state index < -0.39 is 0 Å². The molecule has 0 spiro atoms. The molecule has 0 fully saturated rings. The van der Waals surface area contributed by atoms with Crippen LogP contribution in [0.15, 0.2) is 83.2 Å². The molecule has 174 valence electrons. The van der Waals surface area contributed by atoms with E-state index in [1.165, 1.54) is 18.0 Å². The Labute approximate surface area is 211 Å². The van der Waals surface area contributed by atoms with Gasteiger partial charge >= 0.3 is 0 Å². The molecular formula is C25H20ClN7OS. The minimum Gasteiger partial charge on any atom is -0.462 e. The second-order valence-corrected chi connectivity index (χ2v) is 8.35. The molecule has 0 saturated carbocycles. The molecule has 35 heavy (non-hydrogen) atoms. The summed E-state index contributed by atoms with van der Waals surface area (Å²) in [5, 5.41) is 18.8. The van der Waals surface area contributed by atoms with E-state index in [1.54, 1.807) is 28.9 Å². The normalized spacial score (nSPS) is 11.5. The molecule has 0 atom stereocenters. The Balaban J connectivity index is 1.65. The lowest BCUT2D eigenvalue weighted by atomic mass is 10.1. The van der Waals surface area contributed by atoms with E-state index in [1.807, 2.05) is 49.6 Å². The van der Waals surface area contributed by atoms with Crippen LogP contribution in [0.5, 0.6) is 5.75 Å². The summed E-state index contributed by atoms with van der Waals surface area (Å²) in [6, 6.07) is 16.9. The fourth-order valence-corrected chi connectivity index (χ4v) is 3.87. The first-order valence-corrected chi connectivity index (χ1v) is 12.0. The number of nitrogens with zero attached hydrogens (tertiary/aromatic N) is 6. The number of allylic oxidation sites excluding steroid dienone is 2. The van der Waals surface area contributed by atoms with E-state index in [0.29, 0.717) is 44.5 Å². The molecule has 0 aliphatic carbocycles. The van der Waals surface area contributed by atoms with Gasteiger partial charge in [0.25, 0.3) is 5.78 Å². The lowest BCUT2D eigenvalue weighted by molar-refractivity contribution is 0.429. The van der Waals surface area contributed by atoms with Gasteiger partial charge in [-0.3, -0.25) is 4.99 Å². The largest absolute Gasteiger partial charge is 0.462 e. The highest BCUT2D eigenvalue weighted by Crippen LogP contribution is 2.31. The van der Waals surface area contributed by atoms with E-state index in [0.717, 1.165) is 11.3 Å². The van der Waals surface area contributed by atoms with Gasteiger partial charge in [-0.25, -0.2) is 4.98 Å². The number of ether oxygens (including phenoxy) is 1. The SMILES string of the molecule is C=CN=C/C=C(\C)Oc1ccc(Nc2nc3nc(SC)c(C#N)c(-c4ccc(Cl)cc4)n3n2)cc1. The highest BCUT2D eigenvalue weighted by atomic mass is 35.5. The fourth-order valence-electron chi connectivity index (χ4n) is 3.22. The molecule has 0 amide bonds. The average Bonchev–Trinajstić information content (AvgIpc) is 3.26. The second kappa shape index (κ2) is 10.9. The highest BCUT2D eigenvalue weighted by Gasteiger charge is 2.19. The second-order valence-electron chi connectivity index (χ2n) is 7.12. The van der Waals surface area contributed by atoms with Crippen LogP contribution in [0.25, 0.3) is 17.0 Å². The summed E-state index contributed by atoms with van der Waals surface area (Å²) < 4.78 is 7.33. The number of hydrogen-bond donors (Lipinski definition) is 1. The van der Waals surface area contributed by atoms with Gasteiger partial charge in [0.1, 0.15) is 28.2 Å². The molecule has 0 radical (unpaired) electrons. The van der Waals surface area contributed by atoms with Crippen LogP contribution < -0.4 is 10.1 Å². The number of rotatable bonds is 8. The number of thioether (sulfide) groups is 1. The molecule has 8 nitrogen and oxygen atoms in total. The maximum absolute atomic E-state index is 9.86. The van der Waals surface area contributed by atoms with E-state index >= 15 is 0 Å². The molecule has 4 rings (SSSR count). The van der Waals surface area contributed by atoms with Crippen LogP contribution in [0.3, 0.4) is 0 Å². The van der Waals surface area contributed by atoms with Crippen molar-refractivity contribution in [1.29, 1.82) is 5.26 Å². The van der Waals surface area contributed by atoms with Crippen molar-refractivity contribution in [2.75, 3.05) is 11.6 Å². The van der Waals surface area contributed by atoms with Gasteiger partial charge in [0, 0.05) is 28.7 Å². The summed E-state index contributed by atoms with van der Waals surface area (Å²) in [6.45, 7) is 5.37. The summed E-state index contributed by atoms with van der Waals surface area (Å²) >= 11 is 7.44. The quantitative estimate of drug-likeness (QED) is 0.131. The monoisotopic (exact) mass is 501 g/mol. The van der Waals surface area contributed by atoms with Crippen LogP contribution in [-0.2, 0) is 0 Å². The van der Waals surface area contributed by atoms with Gasteiger partial charge < -0.3 is 10.1 Å². The Hall–Kier alpha value is -4.13. The molecule has 1 N–H and O–H groups in total. The molecule has 2 aromatic carbocycles. The maximum Gasteiger partial charge on any atom is 0.255 e. The molecule has 0 aliphatic rings. The summed E-state index contributed by atoms with van der Waals surface area (Å²) in [7, 11) is 0. The Bertz CT molecular complexity index is 1470. The molecule has 0 bridgehead atoms. The van der Waals surface area contributed by atoms with Crippen LogP contribution in [0, 0.1) is 11.3 Å². The Morgan fingerprint density at radius 3 is 2.60 bits per heavy atom. The van der Waals surface area contributed by atoms with Crippen LogP contribution in [0.2, 0.25) is 5.02 Å². The third kappa shape index (κ3) is 5.51. The van der Waals surface area contributed by atoms with E-state index in [2.05, 4.69) is 38.0 Å². The predicted molar refractivity (Wildman–Crippen MR) is 141 cm³/mol. The van der Waals surface area contributed by atoms with Crippen LogP contribution in [-0.4, -0.2) is 32.1 Å². The fraction of sp³-hybridized carbons (Fsp3) is 0.0800. The first kappa shape index (κ1) is 24.0. The van der Waals surface area contributed by atoms with Gasteiger partial charge in [-0.05, 0) is 55.7 Å². The average molecular weight is 502 g/mol. The molecule has 10 heteroatoms. The van der Waals surface area contributed by atoms with Gasteiger partial charge in [-0.2, -0.15) is 14.8 Å². The summed E-state index contributed by atoms with van der Waals surface area (Å²) in [4.78, 5) is 13.0. The topological polar surface area (TPSA) is 100 Å². The van der Waals surface area contributed by atoms with Crippen molar-refractivity contribution in [2.45, 2.75) is 11.9 Å². The van der Waals surface area contributed by atoms with Gasteiger partial charge in [0.2, 0.25) is 5.95 Å². The zero-order chi connectivity index (χ0) is 24.8. The molecule has 2 aromatic heterocycles. The number of nitriles is 1. The molecule has 0 unspecified atom stereocenters. The number of aliphatic imine (C=N–C) groups is 1. The Morgan fingerprint density at radius 1 is 1.20 bits per heavy atom. The zero-order valence-electron chi connectivity index (χ0n) is 18.9. The summed E-state index contributed by atoms with van der Waals surface area (Å²) in [5.74, 6) is 2.09. The van der Waals surface area contributed by atoms with Crippen molar-refractivity contribution in [3.63, 3.8) is 0 Å². The van der Waals surface area contributed by atoms with E-state index in [9.17, 15) is 5.26 Å². The number of fused-ring (bicyclic) bond motifs is 1. The van der Waals surface area contributed by atoms with Gasteiger partial charge in [0.05, 0.1) is 5.69 Å². The smallest absolute Gasteiger partial charge is 0.255 e. The third-order valence-electron chi connectivity index (χ3n) is 4.77. The first-order chi connectivity index (χ1) is 17.0. The summed E-state index contributed by atoms with van der Waals surface area (Å²) in [5.41, 5.74) is 2.58. The van der Waals surface area contributed by atoms with Gasteiger partial charge in [-0.15, -0.1) is 16.9 Å². The number of aromatic nitrogens is 4. The van der Waals surface area contributed by atoms with E-state index in [-0.39, 0.29) is 0 Å².